The molecule has 0 aromatic heterocycles. The lowest BCUT2D eigenvalue weighted by Gasteiger charge is -2.20. The molecule has 0 saturated carbocycles. The van der Waals surface area contributed by atoms with Crippen LogP contribution in [0.2, 0.25) is 0 Å². The molecule has 1 N–H and O–H groups in total. The minimum absolute atomic E-state index is 0.0388. The minimum atomic E-state index is -0.0388. The van der Waals surface area contributed by atoms with E-state index in [9.17, 15) is 0 Å². The molecule has 0 bridgehead atoms. The number of rotatable bonds is 9. The van der Waals surface area contributed by atoms with Crippen molar-refractivity contribution in [3.63, 3.8) is 0 Å². The van der Waals surface area contributed by atoms with Crippen molar-refractivity contribution in [3.05, 3.63) is 21.1 Å². The predicted octanol–water partition coefficient (Wildman–Crippen LogP) is 3.61. The minimum Gasteiger partial charge on any atom is -0.496 e. The summed E-state index contributed by atoms with van der Waals surface area (Å²) in [5.41, 5.74) is 0. The second kappa shape index (κ2) is 9.60. The Morgan fingerprint density at radius 3 is 2.40 bits per heavy atom. The van der Waals surface area contributed by atoms with Gasteiger partial charge >= 0.3 is 0 Å². The third kappa shape index (κ3) is 5.60. The first kappa shape index (κ1) is 17.8. The summed E-state index contributed by atoms with van der Waals surface area (Å²) in [6.07, 6.45) is 1.06. The molecule has 114 valence electrons. The standard InChI is InChI=1S/C14H21Br2NO3/c1-4-5-17-8-10(9-18-2)20-14-7-11(15)13(19-3)6-12(14)16/h6-7,10,17H,4-5,8-9H2,1-3H3. The van der Waals surface area contributed by atoms with Crippen LogP contribution in [0.4, 0.5) is 0 Å². The van der Waals surface area contributed by atoms with Gasteiger partial charge in [0.2, 0.25) is 0 Å². The molecule has 0 aliphatic carbocycles. The van der Waals surface area contributed by atoms with Gasteiger partial charge in [0, 0.05) is 13.7 Å². The maximum Gasteiger partial charge on any atom is 0.135 e. The largest absolute Gasteiger partial charge is 0.496 e. The number of benzene rings is 1. The van der Waals surface area contributed by atoms with Crippen LogP contribution in [0, 0.1) is 0 Å². The topological polar surface area (TPSA) is 39.7 Å². The van der Waals surface area contributed by atoms with Crippen LogP contribution in [-0.4, -0.2) is 40.0 Å². The Morgan fingerprint density at radius 2 is 1.80 bits per heavy atom. The van der Waals surface area contributed by atoms with E-state index in [0.717, 1.165) is 40.0 Å². The molecule has 1 aromatic rings. The molecule has 0 saturated heterocycles. The van der Waals surface area contributed by atoms with Crippen molar-refractivity contribution in [2.75, 3.05) is 33.9 Å². The summed E-state index contributed by atoms with van der Waals surface area (Å²) in [5, 5.41) is 3.34. The molecule has 0 radical (unpaired) electrons. The van der Waals surface area contributed by atoms with Gasteiger partial charge in [-0.25, -0.2) is 0 Å². The molecule has 6 heteroatoms. The quantitative estimate of drug-likeness (QED) is 0.631. The monoisotopic (exact) mass is 409 g/mol. The Balaban J connectivity index is 2.74. The van der Waals surface area contributed by atoms with Gasteiger partial charge < -0.3 is 19.5 Å². The molecule has 0 amide bonds. The van der Waals surface area contributed by atoms with E-state index >= 15 is 0 Å². The van der Waals surface area contributed by atoms with Crippen LogP contribution in [0.3, 0.4) is 0 Å². The van der Waals surface area contributed by atoms with Crippen LogP contribution in [0.25, 0.3) is 0 Å². The van der Waals surface area contributed by atoms with Crippen molar-refractivity contribution < 1.29 is 14.2 Å². The first-order valence-corrected chi connectivity index (χ1v) is 8.10. The molecule has 0 spiro atoms. The van der Waals surface area contributed by atoms with E-state index in [0.29, 0.717) is 6.61 Å². The summed E-state index contributed by atoms with van der Waals surface area (Å²) < 4.78 is 18.2. The Hall–Kier alpha value is -0.300. The number of nitrogens with one attached hydrogen (secondary N) is 1. The number of halogens is 2. The third-order valence-corrected chi connectivity index (χ3v) is 3.89. The van der Waals surface area contributed by atoms with Crippen molar-refractivity contribution in [2.45, 2.75) is 19.4 Å². The molecule has 1 aromatic carbocycles. The highest BCUT2D eigenvalue weighted by Gasteiger charge is 2.14. The zero-order chi connectivity index (χ0) is 15.0. The van der Waals surface area contributed by atoms with E-state index in [-0.39, 0.29) is 6.10 Å². The Kier molecular flexibility index (Phi) is 8.52. The van der Waals surface area contributed by atoms with Gasteiger partial charge in [0.25, 0.3) is 0 Å². The predicted molar refractivity (Wildman–Crippen MR) is 87.8 cm³/mol. The third-order valence-electron chi connectivity index (χ3n) is 2.65. The van der Waals surface area contributed by atoms with Crippen molar-refractivity contribution in [1.82, 2.24) is 5.32 Å². The SMILES string of the molecule is CCCNCC(COC)Oc1cc(Br)c(OC)cc1Br. The molecule has 0 heterocycles. The van der Waals surface area contributed by atoms with Crippen molar-refractivity contribution in [2.24, 2.45) is 0 Å². The molecular formula is C14H21Br2NO3. The van der Waals surface area contributed by atoms with Gasteiger partial charge in [-0.2, -0.15) is 0 Å². The molecule has 0 aliphatic rings. The number of hydrogen-bond donors (Lipinski definition) is 1. The summed E-state index contributed by atoms with van der Waals surface area (Å²) in [6, 6.07) is 3.77. The first-order valence-electron chi connectivity index (χ1n) is 6.51. The molecule has 20 heavy (non-hydrogen) atoms. The average molecular weight is 411 g/mol. The van der Waals surface area contributed by atoms with Crippen molar-refractivity contribution in [1.29, 1.82) is 0 Å². The second-order valence-electron chi connectivity index (χ2n) is 4.32. The van der Waals surface area contributed by atoms with Gasteiger partial charge in [-0.1, -0.05) is 6.92 Å². The average Bonchev–Trinajstić information content (AvgIpc) is 2.43. The highest BCUT2D eigenvalue weighted by Crippen LogP contribution is 2.36. The molecule has 1 rings (SSSR count). The van der Waals surface area contributed by atoms with E-state index in [4.69, 9.17) is 14.2 Å². The maximum absolute atomic E-state index is 5.99. The normalized spacial score (nSPS) is 12.2. The van der Waals surface area contributed by atoms with Gasteiger partial charge in [-0.15, -0.1) is 0 Å². The fourth-order valence-electron chi connectivity index (χ4n) is 1.70. The number of hydrogen-bond acceptors (Lipinski definition) is 4. The molecule has 0 fully saturated rings. The van der Waals surface area contributed by atoms with Gasteiger partial charge in [-0.05, 0) is 57.0 Å². The van der Waals surface area contributed by atoms with Gasteiger partial charge in [-0.3, -0.25) is 0 Å². The fourth-order valence-corrected chi connectivity index (χ4v) is 2.60. The molecule has 1 unspecified atom stereocenters. The van der Waals surface area contributed by atoms with Gasteiger partial charge in [0.1, 0.15) is 17.6 Å². The zero-order valence-corrected chi connectivity index (χ0v) is 15.2. The van der Waals surface area contributed by atoms with Gasteiger partial charge in [0.15, 0.2) is 0 Å². The Labute approximate surface area is 137 Å². The summed E-state index contributed by atoms with van der Waals surface area (Å²) in [6.45, 7) is 4.39. The lowest BCUT2D eigenvalue weighted by Crippen LogP contribution is -2.35. The van der Waals surface area contributed by atoms with Crippen LogP contribution < -0.4 is 14.8 Å². The highest BCUT2D eigenvalue weighted by molar-refractivity contribution is 9.11. The van der Waals surface area contributed by atoms with Crippen LogP contribution in [0.5, 0.6) is 11.5 Å². The van der Waals surface area contributed by atoms with Crippen LogP contribution >= 0.6 is 31.9 Å². The second-order valence-corrected chi connectivity index (χ2v) is 6.03. The smallest absolute Gasteiger partial charge is 0.135 e. The van der Waals surface area contributed by atoms with Gasteiger partial charge in [0.05, 0.1) is 22.7 Å². The van der Waals surface area contributed by atoms with E-state index in [1.807, 2.05) is 12.1 Å². The Bertz CT molecular complexity index is 416. The molecule has 1 atom stereocenters. The molecule has 0 aliphatic heterocycles. The van der Waals surface area contributed by atoms with E-state index < -0.39 is 0 Å². The van der Waals surface area contributed by atoms with Crippen molar-refractivity contribution >= 4 is 31.9 Å². The van der Waals surface area contributed by atoms with E-state index in [1.165, 1.54) is 0 Å². The number of ether oxygens (including phenoxy) is 3. The first-order chi connectivity index (χ1) is 9.62. The maximum atomic E-state index is 5.99. The highest BCUT2D eigenvalue weighted by atomic mass is 79.9. The lowest BCUT2D eigenvalue weighted by atomic mass is 10.3. The number of methoxy groups -OCH3 is 2. The summed E-state index contributed by atoms with van der Waals surface area (Å²) in [4.78, 5) is 0. The van der Waals surface area contributed by atoms with Crippen LogP contribution in [-0.2, 0) is 4.74 Å². The fraction of sp³-hybridized carbons (Fsp3) is 0.571. The van der Waals surface area contributed by atoms with E-state index in [2.05, 4.69) is 44.1 Å². The Morgan fingerprint density at radius 1 is 1.15 bits per heavy atom. The van der Waals surface area contributed by atoms with E-state index in [1.54, 1.807) is 14.2 Å². The lowest BCUT2D eigenvalue weighted by molar-refractivity contribution is 0.0801. The zero-order valence-electron chi connectivity index (χ0n) is 12.0. The summed E-state index contributed by atoms with van der Waals surface area (Å²) in [5.74, 6) is 1.52. The summed E-state index contributed by atoms with van der Waals surface area (Å²) in [7, 11) is 3.31. The van der Waals surface area contributed by atoms with Crippen molar-refractivity contribution in [3.8, 4) is 11.5 Å². The molecule has 4 nitrogen and oxygen atoms in total. The summed E-state index contributed by atoms with van der Waals surface area (Å²) >= 11 is 6.96. The molecular weight excluding hydrogens is 390 g/mol. The van der Waals surface area contributed by atoms with Crippen LogP contribution in [0.1, 0.15) is 13.3 Å². The van der Waals surface area contributed by atoms with Crippen LogP contribution in [0.15, 0.2) is 21.1 Å².